The lowest BCUT2D eigenvalue weighted by Gasteiger charge is -2.23. The minimum atomic E-state index is 0.718. The summed E-state index contributed by atoms with van der Waals surface area (Å²) in [5.41, 5.74) is 0. The Morgan fingerprint density at radius 1 is 1.53 bits per heavy atom. The summed E-state index contributed by atoms with van der Waals surface area (Å²) in [4.78, 5) is 3.97. The van der Waals surface area contributed by atoms with Crippen LogP contribution in [0.25, 0.3) is 0 Å². The van der Waals surface area contributed by atoms with Crippen LogP contribution in [-0.2, 0) is 6.54 Å². The summed E-state index contributed by atoms with van der Waals surface area (Å²) in [6, 6.07) is 4.35. The van der Waals surface area contributed by atoms with Crippen LogP contribution in [0.3, 0.4) is 0 Å². The molecule has 0 saturated heterocycles. The molecule has 1 heterocycles. The van der Waals surface area contributed by atoms with E-state index in [4.69, 9.17) is 0 Å². The first-order valence-corrected chi connectivity index (χ1v) is 6.53. The van der Waals surface area contributed by atoms with Crippen molar-refractivity contribution in [2.24, 2.45) is 5.92 Å². The monoisotopic (exact) mass is 226 g/mol. The van der Waals surface area contributed by atoms with E-state index in [-0.39, 0.29) is 0 Å². The van der Waals surface area contributed by atoms with E-state index in [0.29, 0.717) is 0 Å². The van der Waals surface area contributed by atoms with Crippen molar-refractivity contribution >= 4 is 11.3 Å². The van der Waals surface area contributed by atoms with Crippen LogP contribution >= 0.6 is 11.3 Å². The van der Waals surface area contributed by atoms with Crippen LogP contribution in [0.5, 0.6) is 0 Å². The predicted octanol–water partition coefficient (Wildman–Crippen LogP) is 2.43. The van der Waals surface area contributed by atoms with Crippen molar-refractivity contribution < 1.29 is 0 Å². The van der Waals surface area contributed by atoms with Gasteiger partial charge in [0.2, 0.25) is 0 Å². The highest BCUT2D eigenvalue weighted by Gasteiger charge is 2.08. The van der Waals surface area contributed by atoms with Crippen molar-refractivity contribution in [1.29, 1.82) is 0 Å². The van der Waals surface area contributed by atoms with Crippen LogP contribution in [0.1, 0.15) is 18.7 Å². The number of hydrogen-bond acceptors (Lipinski definition) is 3. The van der Waals surface area contributed by atoms with Gasteiger partial charge < -0.3 is 5.32 Å². The largest absolute Gasteiger partial charge is 0.319 e. The first-order chi connectivity index (χ1) is 7.26. The van der Waals surface area contributed by atoms with E-state index >= 15 is 0 Å². The molecule has 0 amide bonds. The normalized spacial score (nSPS) is 13.3. The highest BCUT2D eigenvalue weighted by atomic mass is 32.1. The molecule has 3 heteroatoms. The van der Waals surface area contributed by atoms with Gasteiger partial charge in [0.05, 0.1) is 0 Å². The summed E-state index contributed by atoms with van der Waals surface area (Å²) in [5, 5.41) is 5.38. The predicted molar refractivity (Wildman–Crippen MR) is 68.4 cm³/mol. The van der Waals surface area contributed by atoms with E-state index in [1.807, 2.05) is 18.4 Å². The molecule has 0 aliphatic rings. The van der Waals surface area contributed by atoms with Gasteiger partial charge in [0.25, 0.3) is 0 Å². The molecule has 0 radical (unpaired) electrons. The molecule has 1 aromatic heterocycles. The number of rotatable bonds is 7. The fourth-order valence-corrected chi connectivity index (χ4v) is 2.53. The SMILES string of the molecule is CCN(Cc1cccs1)CC(C)CNC. The Balaban J connectivity index is 2.35. The van der Waals surface area contributed by atoms with Crippen LogP contribution in [0.2, 0.25) is 0 Å². The van der Waals surface area contributed by atoms with Crippen molar-refractivity contribution in [2.75, 3.05) is 26.7 Å². The molecule has 0 saturated carbocycles. The molecule has 15 heavy (non-hydrogen) atoms. The molecule has 0 bridgehead atoms. The van der Waals surface area contributed by atoms with Crippen LogP contribution in [-0.4, -0.2) is 31.6 Å². The molecule has 1 atom stereocenters. The minimum absolute atomic E-state index is 0.718. The Bertz CT molecular complexity index is 246. The standard InChI is InChI=1S/C12H22N2S/c1-4-14(9-11(2)8-13-3)10-12-6-5-7-15-12/h5-7,11,13H,4,8-10H2,1-3H3. The van der Waals surface area contributed by atoms with Gasteiger partial charge in [-0.2, -0.15) is 0 Å². The van der Waals surface area contributed by atoms with Gasteiger partial charge in [-0.15, -0.1) is 11.3 Å². The zero-order valence-electron chi connectivity index (χ0n) is 9.99. The summed E-state index contributed by atoms with van der Waals surface area (Å²) >= 11 is 1.85. The average Bonchev–Trinajstić information content (AvgIpc) is 2.70. The van der Waals surface area contributed by atoms with Crippen molar-refractivity contribution in [3.8, 4) is 0 Å². The maximum atomic E-state index is 3.23. The first kappa shape index (κ1) is 12.7. The van der Waals surface area contributed by atoms with Crippen molar-refractivity contribution in [1.82, 2.24) is 10.2 Å². The second-order valence-corrected chi connectivity index (χ2v) is 5.10. The Kier molecular flexibility index (Phi) is 5.91. The van der Waals surface area contributed by atoms with Crippen LogP contribution < -0.4 is 5.32 Å². The Morgan fingerprint density at radius 3 is 2.87 bits per heavy atom. The Hall–Kier alpha value is -0.380. The molecule has 1 aromatic rings. The van der Waals surface area contributed by atoms with Gasteiger partial charge in [0, 0.05) is 18.0 Å². The number of nitrogens with one attached hydrogen (secondary N) is 1. The van der Waals surface area contributed by atoms with Crippen LogP contribution in [0.4, 0.5) is 0 Å². The van der Waals surface area contributed by atoms with Crippen molar-refractivity contribution in [3.63, 3.8) is 0 Å². The smallest absolute Gasteiger partial charge is 0.0327 e. The van der Waals surface area contributed by atoms with Crippen molar-refractivity contribution in [2.45, 2.75) is 20.4 Å². The summed E-state index contributed by atoms with van der Waals surface area (Å²) < 4.78 is 0. The van der Waals surface area contributed by atoms with E-state index in [1.54, 1.807) is 0 Å². The lowest BCUT2D eigenvalue weighted by Crippen LogP contribution is -2.31. The highest BCUT2D eigenvalue weighted by molar-refractivity contribution is 7.09. The molecule has 0 aliphatic heterocycles. The topological polar surface area (TPSA) is 15.3 Å². The van der Waals surface area contributed by atoms with E-state index in [2.05, 4.69) is 41.6 Å². The fourth-order valence-electron chi connectivity index (χ4n) is 1.78. The maximum absolute atomic E-state index is 3.23. The quantitative estimate of drug-likeness (QED) is 0.768. The van der Waals surface area contributed by atoms with Gasteiger partial charge in [-0.1, -0.05) is 19.9 Å². The second kappa shape index (κ2) is 6.99. The molecule has 86 valence electrons. The number of hydrogen-bond donors (Lipinski definition) is 1. The summed E-state index contributed by atoms with van der Waals surface area (Å²) in [6.07, 6.45) is 0. The summed E-state index contributed by atoms with van der Waals surface area (Å²) in [6.45, 7) is 9.04. The molecule has 0 aromatic carbocycles. The third kappa shape index (κ3) is 4.78. The van der Waals surface area contributed by atoms with Crippen LogP contribution in [0, 0.1) is 5.92 Å². The van der Waals surface area contributed by atoms with Gasteiger partial charge in [-0.25, -0.2) is 0 Å². The molecular weight excluding hydrogens is 204 g/mol. The molecule has 0 spiro atoms. The Morgan fingerprint density at radius 2 is 2.33 bits per heavy atom. The van der Waals surface area contributed by atoms with Crippen molar-refractivity contribution in [3.05, 3.63) is 22.4 Å². The van der Waals surface area contributed by atoms with Crippen LogP contribution in [0.15, 0.2) is 17.5 Å². The Labute approximate surface area is 97.3 Å². The molecule has 1 N–H and O–H groups in total. The summed E-state index contributed by atoms with van der Waals surface area (Å²) in [7, 11) is 2.02. The average molecular weight is 226 g/mol. The third-order valence-corrected chi connectivity index (χ3v) is 3.39. The molecule has 2 nitrogen and oxygen atoms in total. The maximum Gasteiger partial charge on any atom is 0.0327 e. The zero-order chi connectivity index (χ0) is 11.1. The van der Waals surface area contributed by atoms with Gasteiger partial charge in [0.15, 0.2) is 0 Å². The molecule has 1 unspecified atom stereocenters. The van der Waals surface area contributed by atoms with E-state index < -0.39 is 0 Å². The highest BCUT2D eigenvalue weighted by Crippen LogP contribution is 2.12. The van der Waals surface area contributed by atoms with Gasteiger partial charge in [0.1, 0.15) is 0 Å². The summed E-state index contributed by atoms with van der Waals surface area (Å²) in [5.74, 6) is 0.718. The lowest BCUT2D eigenvalue weighted by molar-refractivity contribution is 0.241. The molecular formula is C12H22N2S. The number of thiophene rings is 1. The molecule has 1 rings (SSSR count). The molecule has 0 aliphatic carbocycles. The zero-order valence-corrected chi connectivity index (χ0v) is 10.8. The fraction of sp³-hybridized carbons (Fsp3) is 0.667. The van der Waals surface area contributed by atoms with E-state index in [0.717, 1.165) is 25.6 Å². The third-order valence-electron chi connectivity index (χ3n) is 2.53. The van der Waals surface area contributed by atoms with E-state index in [9.17, 15) is 0 Å². The van der Waals surface area contributed by atoms with Gasteiger partial charge >= 0.3 is 0 Å². The minimum Gasteiger partial charge on any atom is -0.319 e. The lowest BCUT2D eigenvalue weighted by atomic mass is 10.1. The first-order valence-electron chi connectivity index (χ1n) is 5.65. The second-order valence-electron chi connectivity index (χ2n) is 4.07. The van der Waals surface area contributed by atoms with E-state index in [1.165, 1.54) is 11.4 Å². The molecule has 0 fully saturated rings. The van der Waals surface area contributed by atoms with Gasteiger partial charge in [-0.05, 0) is 37.5 Å². The number of nitrogens with zero attached hydrogens (tertiary/aromatic N) is 1. The van der Waals surface area contributed by atoms with Gasteiger partial charge in [-0.3, -0.25) is 4.90 Å².